The maximum atomic E-state index is 11.7. The summed E-state index contributed by atoms with van der Waals surface area (Å²) in [6.45, 7) is 5.02. The van der Waals surface area contributed by atoms with Gasteiger partial charge in [-0.1, -0.05) is 33.1 Å². The lowest BCUT2D eigenvalue weighted by Gasteiger charge is -2.40. The highest BCUT2D eigenvalue weighted by Gasteiger charge is 2.44. The number of amides is 1. The Labute approximate surface area is 165 Å². The summed E-state index contributed by atoms with van der Waals surface area (Å²) in [7, 11) is 0. The maximum Gasteiger partial charge on any atom is 0.370 e. The molecule has 1 rings (SSSR count). The van der Waals surface area contributed by atoms with Crippen LogP contribution in [-0.4, -0.2) is 76.0 Å². The molecule has 0 saturated carbocycles. The van der Waals surface area contributed by atoms with Crippen LogP contribution in [0.15, 0.2) is 11.8 Å². The smallest absolute Gasteiger partial charge is 0.370 e. The molecular weight excluding hydrogens is 370 g/mol. The Morgan fingerprint density at radius 2 is 2.00 bits per heavy atom. The van der Waals surface area contributed by atoms with E-state index in [-0.39, 0.29) is 5.92 Å². The van der Waals surface area contributed by atoms with Gasteiger partial charge in [-0.25, -0.2) is 4.79 Å². The minimum absolute atomic E-state index is 0.272. The zero-order chi connectivity index (χ0) is 21.3. The van der Waals surface area contributed by atoms with Crippen molar-refractivity contribution in [2.75, 3.05) is 13.2 Å². The second-order valence-electron chi connectivity index (χ2n) is 7.10. The third-order valence-corrected chi connectivity index (χ3v) is 4.85. The molecule has 1 aliphatic rings. The van der Waals surface area contributed by atoms with E-state index >= 15 is 0 Å². The number of carbonyl (C=O) groups excluding carboxylic acids is 1. The second kappa shape index (κ2) is 12.0. The first-order valence-corrected chi connectivity index (χ1v) is 9.72. The average molecular weight is 403 g/mol. The Bertz CT molecular complexity index is 538. The van der Waals surface area contributed by atoms with E-state index in [0.717, 1.165) is 25.7 Å². The molecule has 9 heteroatoms. The monoisotopic (exact) mass is 403 g/mol. The summed E-state index contributed by atoms with van der Waals surface area (Å²) in [6, 6.07) is -0.930. The van der Waals surface area contributed by atoms with Crippen LogP contribution >= 0.6 is 0 Å². The van der Waals surface area contributed by atoms with E-state index in [1.165, 1.54) is 13.0 Å². The lowest BCUT2D eigenvalue weighted by Crippen LogP contribution is -2.60. The number of aliphatic hydroxyl groups excluding tert-OH is 3. The van der Waals surface area contributed by atoms with E-state index in [4.69, 9.17) is 14.6 Å². The van der Waals surface area contributed by atoms with Crippen LogP contribution < -0.4 is 5.32 Å². The molecule has 0 aromatic rings. The molecule has 5 N–H and O–H groups in total. The van der Waals surface area contributed by atoms with Crippen LogP contribution in [-0.2, 0) is 19.1 Å². The van der Waals surface area contributed by atoms with Crippen molar-refractivity contribution in [3.8, 4) is 0 Å². The number of hydrogen-bond acceptors (Lipinski definition) is 7. The van der Waals surface area contributed by atoms with E-state index in [1.807, 2.05) is 6.92 Å². The molecule has 0 aliphatic carbocycles. The van der Waals surface area contributed by atoms with Crippen molar-refractivity contribution in [1.29, 1.82) is 0 Å². The number of hydrogen-bond donors (Lipinski definition) is 5. The highest BCUT2D eigenvalue weighted by atomic mass is 16.5. The predicted octanol–water partition coefficient (Wildman–Crippen LogP) is 0.174. The van der Waals surface area contributed by atoms with Crippen molar-refractivity contribution in [2.45, 2.75) is 76.9 Å². The van der Waals surface area contributed by atoms with Crippen LogP contribution in [0.1, 0.15) is 46.5 Å². The van der Waals surface area contributed by atoms with E-state index in [2.05, 4.69) is 12.2 Å². The second-order valence-corrected chi connectivity index (χ2v) is 7.10. The number of unbranched alkanes of at least 4 members (excludes halogenated alkanes) is 1. The predicted molar refractivity (Wildman–Crippen MR) is 100 cm³/mol. The molecule has 0 radical (unpaired) electrons. The van der Waals surface area contributed by atoms with Gasteiger partial charge in [0.05, 0.1) is 19.3 Å². The molecule has 1 heterocycles. The Kier molecular flexibility index (Phi) is 10.4. The standard InChI is InChI=1S/C19H33NO8/c1-4-6-7-12(5-2)10-27-14-8-15(19(25)26)28-18(16(14)20-11(3)22)17(24)13(23)9-21/h8,12-14,16-18,21,23-24H,4-7,9-10H2,1-3H3,(H,20,22)(H,25,26)/t12?,13-,14+,16-,17-,18-/m1/s1. The van der Waals surface area contributed by atoms with Gasteiger partial charge in [0, 0.05) is 6.92 Å². The molecule has 0 aromatic heterocycles. The van der Waals surface area contributed by atoms with Gasteiger partial charge in [-0.05, 0) is 18.4 Å². The number of aliphatic hydroxyl groups is 3. The molecule has 0 aromatic carbocycles. The van der Waals surface area contributed by atoms with Gasteiger partial charge < -0.3 is 35.2 Å². The summed E-state index contributed by atoms with van der Waals surface area (Å²) in [6.07, 6.45) is -0.160. The SMILES string of the molecule is CCCCC(CC)CO[C@H]1C=C(C(=O)O)O[C@@H]([C@H](O)[C@H](O)CO)[C@@H]1NC(C)=O. The van der Waals surface area contributed by atoms with E-state index in [0.29, 0.717) is 6.61 Å². The number of ether oxygens (including phenoxy) is 2. The molecule has 1 unspecified atom stereocenters. The minimum atomic E-state index is -1.63. The highest BCUT2D eigenvalue weighted by molar-refractivity contribution is 5.84. The lowest BCUT2D eigenvalue weighted by molar-refractivity contribution is -0.152. The molecule has 162 valence electrons. The number of carboxylic acid groups (broad SMARTS) is 1. The fourth-order valence-electron chi connectivity index (χ4n) is 3.13. The molecule has 9 nitrogen and oxygen atoms in total. The van der Waals surface area contributed by atoms with E-state index < -0.39 is 54.7 Å². The van der Waals surface area contributed by atoms with Crippen LogP contribution in [0, 0.1) is 5.92 Å². The first-order chi connectivity index (χ1) is 13.2. The van der Waals surface area contributed by atoms with Gasteiger partial charge in [0.25, 0.3) is 0 Å². The lowest BCUT2D eigenvalue weighted by atomic mass is 9.93. The summed E-state index contributed by atoms with van der Waals surface area (Å²) in [4.78, 5) is 23.1. The summed E-state index contributed by atoms with van der Waals surface area (Å²) in [5, 5.41) is 41.2. The molecule has 0 fully saturated rings. The molecule has 0 saturated heterocycles. The van der Waals surface area contributed by atoms with Crippen molar-refractivity contribution in [1.82, 2.24) is 5.32 Å². The van der Waals surface area contributed by atoms with Crippen molar-refractivity contribution in [2.24, 2.45) is 5.92 Å². The van der Waals surface area contributed by atoms with Gasteiger partial charge in [0.1, 0.15) is 18.3 Å². The molecule has 1 amide bonds. The fraction of sp³-hybridized carbons (Fsp3) is 0.789. The maximum absolute atomic E-state index is 11.7. The Balaban J connectivity index is 3.09. The summed E-state index contributed by atoms with van der Waals surface area (Å²) >= 11 is 0. The van der Waals surface area contributed by atoms with Crippen LogP contribution in [0.5, 0.6) is 0 Å². The zero-order valence-electron chi connectivity index (χ0n) is 16.7. The van der Waals surface area contributed by atoms with Gasteiger partial charge in [-0.15, -0.1) is 0 Å². The minimum Gasteiger partial charge on any atom is -0.478 e. The first-order valence-electron chi connectivity index (χ1n) is 9.72. The Hall–Kier alpha value is -1.68. The van der Waals surface area contributed by atoms with Gasteiger partial charge in [0.15, 0.2) is 6.10 Å². The van der Waals surface area contributed by atoms with E-state index in [9.17, 15) is 24.9 Å². The van der Waals surface area contributed by atoms with E-state index in [1.54, 1.807) is 0 Å². The number of carboxylic acids is 1. The average Bonchev–Trinajstić information content (AvgIpc) is 2.67. The normalized spacial score (nSPS) is 25.2. The quantitative estimate of drug-likeness (QED) is 0.310. The zero-order valence-corrected chi connectivity index (χ0v) is 16.7. The first kappa shape index (κ1) is 24.4. The van der Waals surface area contributed by atoms with Gasteiger partial charge >= 0.3 is 5.97 Å². The summed E-state index contributed by atoms with van der Waals surface area (Å²) in [5.41, 5.74) is 0. The van der Waals surface area contributed by atoms with Gasteiger partial charge in [-0.3, -0.25) is 4.79 Å². The number of nitrogens with one attached hydrogen (secondary N) is 1. The molecule has 0 bridgehead atoms. The number of aliphatic carboxylic acids is 1. The van der Waals surface area contributed by atoms with Crippen molar-refractivity contribution < 1.29 is 39.5 Å². The molecule has 1 aliphatic heterocycles. The van der Waals surface area contributed by atoms with Crippen molar-refractivity contribution in [3.63, 3.8) is 0 Å². The third kappa shape index (κ3) is 7.05. The number of rotatable bonds is 12. The van der Waals surface area contributed by atoms with Crippen molar-refractivity contribution in [3.05, 3.63) is 11.8 Å². The third-order valence-electron chi connectivity index (χ3n) is 4.85. The molecule has 28 heavy (non-hydrogen) atoms. The van der Waals surface area contributed by atoms with Crippen LogP contribution in [0.4, 0.5) is 0 Å². The van der Waals surface area contributed by atoms with Crippen LogP contribution in [0.3, 0.4) is 0 Å². The summed E-state index contributed by atoms with van der Waals surface area (Å²) in [5.74, 6) is -1.96. The molecule has 0 spiro atoms. The Morgan fingerprint density at radius 1 is 1.32 bits per heavy atom. The fourth-order valence-corrected chi connectivity index (χ4v) is 3.13. The molecule has 6 atom stereocenters. The van der Waals surface area contributed by atoms with Gasteiger partial charge in [0.2, 0.25) is 11.7 Å². The van der Waals surface area contributed by atoms with Gasteiger partial charge in [-0.2, -0.15) is 0 Å². The van der Waals surface area contributed by atoms with Crippen molar-refractivity contribution >= 4 is 11.9 Å². The topological polar surface area (TPSA) is 146 Å². The Morgan fingerprint density at radius 3 is 2.50 bits per heavy atom. The number of carbonyl (C=O) groups is 2. The van der Waals surface area contributed by atoms with Crippen LogP contribution in [0.25, 0.3) is 0 Å². The summed E-state index contributed by atoms with van der Waals surface area (Å²) < 4.78 is 11.3. The molecular formula is C19H33NO8. The van der Waals surface area contributed by atoms with Crippen LogP contribution in [0.2, 0.25) is 0 Å². The largest absolute Gasteiger partial charge is 0.478 e. The highest BCUT2D eigenvalue weighted by Crippen LogP contribution is 2.26.